The van der Waals surface area contributed by atoms with Gasteiger partial charge in [-0.25, -0.2) is 0 Å². The average Bonchev–Trinajstić information content (AvgIpc) is 2.48. The molecule has 0 saturated heterocycles. The van der Waals surface area contributed by atoms with Crippen LogP contribution in [-0.2, 0) is 0 Å². The fourth-order valence-corrected chi connectivity index (χ4v) is 1.56. The molecule has 1 atom stereocenters. The Balaban J connectivity index is 2.25. The quantitative estimate of drug-likeness (QED) is 0.615. The molecule has 0 aromatic rings. The van der Waals surface area contributed by atoms with Crippen LogP contribution < -0.4 is 5.73 Å². The highest BCUT2D eigenvalue weighted by Gasteiger charge is 2.40. The maximum atomic E-state index is 5.69. The Morgan fingerprint density at radius 2 is 2.11 bits per heavy atom. The van der Waals surface area contributed by atoms with Crippen LogP contribution in [0.1, 0.15) is 39.5 Å². The third kappa shape index (κ3) is 1.68. The molecule has 0 aromatic carbocycles. The first kappa shape index (κ1) is 7.07. The third-order valence-electron chi connectivity index (χ3n) is 2.46. The molecule has 54 valence electrons. The van der Waals surface area contributed by atoms with Gasteiger partial charge in [-0.3, -0.25) is 0 Å². The van der Waals surface area contributed by atoms with Gasteiger partial charge in [-0.05, 0) is 31.6 Å². The third-order valence-corrected chi connectivity index (χ3v) is 2.46. The molecule has 2 N–H and O–H groups in total. The van der Waals surface area contributed by atoms with Crippen LogP contribution >= 0.6 is 0 Å². The highest BCUT2D eigenvalue weighted by atomic mass is 14.6. The molecule has 1 saturated carbocycles. The molecule has 0 radical (unpaired) electrons. The van der Waals surface area contributed by atoms with Gasteiger partial charge in [0.1, 0.15) is 0 Å². The molecule has 0 aliphatic heterocycles. The summed E-state index contributed by atoms with van der Waals surface area (Å²) in [5, 5.41) is 0. The van der Waals surface area contributed by atoms with Crippen molar-refractivity contribution in [1.82, 2.24) is 0 Å². The van der Waals surface area contributed by atoms with Crippen LogP contribution in [0.5, 0.6) is 0 Å². The van der Waals surface area contributed by atoms with Crippen molar-refractivity contribution >= 4 is 0 Å². The Morgan fingerprint density at radius 1 is 1.56 bits per heavy atom. The Morgan fingerprint density at radius 3 is 2.22 bits per heavy atom. The average molecular weight is 127 g/mol. The maximum absolute atomic E-state index is 5.69. The van der Waals surface area contributed by atoms with Crippen LogP contribution in [0.15, 0.2) is 0 Å². The van der Waals surface area contributed by atoms with E-state index in [1.54, 1.807) is 0 Å². The van der Waals surface area contributed by atoms with E-state index in [2.05, 4.69) is 13.8 Å². The fraction of sp³-hybridized carbons (Fsp3) is 1.00. The van der Waals surface area contributed by atoms with Gasteiger partial charge in [0, 0.05) is 6.04 Å². The van der Waals surface area contributed by atoms with E-state index in [0.717, 1.165) is 0 Å². The molecular weight excluding hydrogens is 110 g/mol. The first-order valence-electron chi connectivity index (χ1n) is 3.94. The molecule has 0 spiro atoms. The van der Waals surface area contributed by atoms with Crippen molar-refractivity contribution in [2.75, 3.05) is 0 Å². The molecule has 0 bridgehead atoms. The highest BCUT2D eigenvalue weighted by molar-refractivity contribution is 4.93. The lowest BCUT2D eigenvalue weighted by Gasteiger charge is -2.13. The molecule has 1 rings (SSSR count). The Hall–Kier alpha value is -0.0400. The Bertz CT molecular complexity index is 92.7. The van der Waals surface area contributed by atoms with Gasteiger partial charge in [-0.2, -0.15) is 0 Å². The van der Waals surface area contributed by atoms with Crippen molar-refractivity contribution in [3.05, 3.63) is 0 Å². The molecule has 0 heterocycles. The van der Waals surface area contributed by atoms with E-state index in [9.17, 15) is 0 Å². The monoisotopic (exact) mass is 127 g/mol. The SMILES string of the molecule is CCC1(CC(C)N)CC1. The summed E-state index contributed by atoms with van der Waals surface area (Å²) in [4.78, 5) is 0. The normalized spacial score (nSPS) is 25.7. The second-order valence-electron chi connectivity index (χ2n) is 3.53. The topological polar surface area (TPSA) is 26.0 Å². The first-order valence-corrected chi connectivity index (χ1v) is 3.94. The largest absolute Gasteiger partial charge is 0.328 e. The zero-order chi connectivity index (χ0) is 6.91. The lowest BCUT2D eigenvalue weighted by Crippen LogP contribution is -2.19. The van der Waals surface area contributed by atoms with E-state index in [1.165, 1.54) is 25.7 Å². The summed E-state index contributed by atoms with van der Waals surface area (Å²) in [6.45, 7) is 4.38. The van der Waals surface area contributed by atoms with Crippen LogP contribution in [0.3, 0.4) is 0 Å². The predicted molar refractivity (Wildman–Crippen MR) is 40.2 cm³/mol. The van der Waals surface area contributed by atoms with Gasteiger partial charge in [0.05, 0.1) is 0 Å². The van der Waals surface area contributed by atoms with Crippen LogP contribution in [0.4, 0.5) is 0 Å². The molecular formula is C8H17N. The lowest BCUT2D eigenvalue weighted by molar-refractivity contribution is 0.412. The number of hydrogen-bond acceptors (Lipinski definition) is 1. The maximum Gasteiger partial charge on any atom is 0.00157 e. The minimum Gasteiger partial charge on any atom is -0.328 e. The standard InChI is InChI=1S/C8H17N/c1-3-8(4-5-8)6-7(2)9/h7H,3-6,9H2,1-2H3. The van der Waals surface area contributed by atoms with E-state index >= 15 is 0 Å². The van der Waals surface area contributed by atoms with Crippen molar-refractivity contribution in [3.8, 4) is 0 Å². The van der Waals surface area contributed by atoms with Crippen LogP contribution in [0.2, 0.25) is 0 Å². The van der Waals surface area contributed by atoms with Crippen LogP contribution in [0, 0.1) is 5.41 Å². The van der Waals surface area contributed by atoms with Crippen molar-refractivity contribution in [1.29, 1.82) is 0 Å². The second-order valence-corrected chi connectivity index (χ2v) is 3.53. The van der Waals surface area contributed by atoms with E-state index in [-0.39, 0.29) is 0 Å². The Kier molecular flexibility index (Phi) is 1.80. The lowest BCUT2D eigenvalue weighted by atomic mass is 9.95. The van der Waals surface area contributed by atoms with E-state index in [0.29, 0.717) is 11.5 Å². The van der Waals surface area contributed by atoms with Crippen LogP contribution in [0.25, 0.3) is 0 Å². The number of nitrogens with two attached hydrogens (primary N) is 1. The molecule has 1 heteroatoms. The summed E-state index contributed by atoms with van der Waals surface area (Å²) >= 11 is 0. The van der Waals surface area contributed by atoms with Gasteiger partial charge >= 0.3 is 0 Å². The number of hydrogen-bond donors (Lipinski definition) is 1. The van der Waals surface area contributed by atoms with Crippen LogP contribution in [-0.4, -0.2) is 6.04 Å². The van der Waals surface area contributed by atoms with Gasteiger partial charge in [-0.15, -0.1) is 0 Å². The minimum atomic E-state index is 0.410. The summed E-state index contributed by atoms with van der Waals surface area (Å²) in [6.07, 6.45) is 5.41. The van der Waals surface area contributed by atoms with Gasteiger partial charge in [0.2, 0.25) is 0 Å². The summed E-state index contributed by atoms with van der Waals surface area (Å²) in [7, 11) is 0. The van der Waals surface area contributed by atoms with Crippen molar-refractivity contribution in [2.24, 2.45) is 11.1 Å². The van der Waals surface area contributed by atoms with E-state index < -0.39 is 0 Å². The van der Waals surface area contributed by atoms with Gasteiger partial charge < -0.3 is 5.73 Å². The molecule has 1 nitrogen and oxygen atoms in total. The second kappa shape index (κ2) is 2.30. The first-order chi connectivity index (χ1) is 4.18. The molecule has 1 aliphatic rings. The molecule has 9 heavy (non-hydrogen) atoms. The summed E-state index contributed by atoms with van der Waals surface area (Å²) in [5.74, 6) is 0. The fourth-order valence-electron chi connectivity index (χ4n) is 1.56. The summed E-state index contributed by atoms with van der Waals surface area (Å²) in [5.41, 5.74) is 6.38. The molecule has 1 fully saturated rings. The van der Waals surface area contributed by atoms with Gasteiger partial charge in [-0.1, -0.05) is 13.3 Å². The summed E-state index contributed by atoms with van der Waals surface area (Å²) in [6, 6.07) is 0.410. The zero-order valence-electron chi connectivity index (χ0n) is 6.48. The number of rotatable bonds is 3. The minimum absolute atomic E-state index is 0.410. The van der Waals surface area contributed by atoms with E-state index in [4.69, 9.17) is 5.73 Å². The van der Waals surface area contributed by atoms with Crippen molar-refractivity contribution < 1.29 is 0 Å². The molecule has 1 unspecified atom stereocenters. The van der Waals surface area contributed by atoms with Gasteiger partial charge in [0.15, 0.2) is 0 Å². The van der Waals surface area contributed by atoms with Crippen molar-refractivity contribution in [2.45, 2.75) is 45.6 Å². The zero-order valence-corrected chi connectivity index (χ0v) is 6.48. The molecule has 0 amide bonds. The summed E-state index contributed by atoms with van der Waals surface area (Å²) < 4.78 is 0. The van der Waals surface area contributed by atoms with E-state index in [1.807, 2.05) is 0 Å². The molecule has 1 aliphatic carbocycles. The van der Waals surface area contributed by atoms with Gasteiger partial charge in [0.25, 0.3) is 0 Å². The predicted octanol–water partition coefficient (Wildman–Crippen LogP) is 1.91. The highest BCUT2D eigenvalue weighted by Crippen LogP contribution is 2.51. The molecule has 0 aromatic heterocycles. The van der Waals surface area contributed by atoms with Crippen molar-refractivity contribution in [3.63, 3.8) is 0 Å². The smallest absolute Gasteiger partial charge is 0.00157 e. The Labute approximate surface area is 57.6 Å².